The highest BCUT2D eigenvalue weighted by molar-refractivity contribution is 5.36. The van der Waals surface area contributed by atoms with Gasteiger partial charge in [0.15, 0.2) is 0 Å². The molecule has 2 nitrogen and oxygen atoms in total. The van der Waals surface area contributed by atoms with Crippen LogP contribution in [-0.4, -0.2) is 11.7 Å². The molecule has 0 aliphatic rings. The van der Waals surface area contributed by atoms with Gasteiger partial charge in [0.2, 0.25) is 0 Å². The molecule has 0 saturated carbocycles. The summed E-state index contributed by atoms with van der Waals surface area (Å²) in [5.74, 6) is 0.880. The second kappa shape index (κ2) is 5.71. The molecule has 0 amide bonds. The average Bonchev–Trinajstić information content (AvgIpc) is 2.19. The van der Waals surface area contributed by atoms with E-state index in [2.05, 4.69) is 6.58 Å². The van der Waals surface area contributed by atoms with E-state index in [4.69, 9.17) is 4.74 Å². The van der Waals surface area contributed by atoms with Crippen LogP contribution in [0.25, 0.3) is 0 Å². The molecule has 88 valence electrons. The molecule has 2 heteroatoms. The molecule has 1 atom stereocenters. The number of ether oxygens (including phenoxy) is 1. The molecule has 0 radical (unpaired) electrons. The Morgan fingerprint density at radius 2 is 2.19 bits per heavy atom. The summed E-state index contributed by atoms with van der Waals surface area (Å²) in [6, 6.07) is 5.77. The number of rotatable bonds is 5. The van der Waals surface area contributed by atoms with Crippen molar-refractivity contribution < 1.29 is 9.84 Å². The molecule has 1 rings (SSSR count). The Labute approximate surface area is 97.6 Å². The van der Waals surface area contributed by atoms with Crippen LogP contribution in [0.3, 0.4) is 0 Å². The van der Waals surface area contributed by atoms with Gasteiger partial charge in [-0.1, -0.05) is 11.6 Å². The van der Waals surface area contributed by atoms with Crippen molar-refractivity contribution in [1.29, 1.82) is 0 Å². The predicted molar refractivity (Wildman–Crippen MR) is 66.7 cm³/mol. The Balaban J connectivity index is 2.64. The van der Waals surface area contributed by atoms with Gasteiger partial charge in [-0.3, -0.25) is 0 Å². The Hall–Kier alpha value is -1.28. The molecular weight excluding hydrogens is 200 g/mol. The SMILES string of the molecule is C=C(C)CCOc1ccc(C(C)O)cc1C. The lowest BCUT2D eigenvalue weighted by atomic mass is 10.1. The Morgan fingerprint density at radius 3 is 2.69 bits per heavy atom. The van der Waals surface area contributed by atoms with E-state index in [-0.39, 0.29) is 0 Å². The first-order chi connectivity index (χ1) is 7.50. The zero-order valence-corrected chi connectivity index (χ0v) is 10.3. The smallest absolute Gasteiger partial charge is 0.122 e. The van der Waals surface area contributed by atoms with Gasteiger partial charge < -0.3 is 9.84 Å². The Kier molecular flexibility index (Phi) is 4.56. The molecule has 0 saturated heterocycles. The Bertz CT molecular complexity index is 367. The third-order valence-electron chi connectivity index (χ3n) is 2.47. The molecule has 1 N–H and O–H groups in total. The van der Waals surface area contributed by atoms with Crippen LogP contribution < -0.4 is 4.74 Å². The molecule has 16 heavy (non-hydrogen) atoms. The van der Waals surface area contributed by atoms with E-state index in [0.29, 0.717) is 6.61 Å². The number of aryl methyl sites for hydroxylation is 1. The van der Waals surface area contributed by atoms with Gasteiger partial charge in [0, 0.05) is 6.42 Å². The van der Waals surface area contributed by atoms with Crippen LogP contribution in [0.1, 0.15) is 37.5 Å². The molecule has 1 unspecified atom stereocenters. The standard InChI is InChI=1S/C14H20O2/c1-10(2)7-8-16-14-6-5-13(12(4)15)9-11(14)3/h5-6,9,12,15H,1,7-8H2,2-4H3. The molecule has 0 spiro atoms. The zero-order valence-electron chi connectivity index (χ0n) is 10.3. The number of aliphatic hydroxyl groups is 1. The van der Waals surface area contributed by atoms with E-state index in [0.717, 1.165) is 28.9 Å². The van der Waals surface area contributed by atoms with E-state index in [1.807, 2.05) is 32.0 Å². The monoisotopic (exact) mass is 220 g/mol. The van der Waals surface area contributed by atoms with E-state index in [9.17, 15) is 5.11 Å². The van der Waals surface area contributed by atoms with Crippen LogP contribution in [0.5, 0.6) is 5.75 Å². The lowest BCUT2D eigenvalue weighted by Crippen LogP contribution is -2.00. The minimum atomic E-state index is -0.428. The number of hydrogen-bond donors (Lipinski definition) is 1. The van der Waals surface area contributed by atoms with Crippen LogP contribution in [0.2, 0.25) is 0 Å². The minimum Gasteiger partial charge on any atom is -0.493 e. The fraction of sp³-hybridized carbons (Fsp3) is 0.429. The Morgan fingerprint density at radius 1 is 1.50 bits per heavy atom. The third kappa shape index (κ3) is 3.70. The maximum atomic E-state index is 9.44. The molecule has 0 aliphatic carbocycles. The van der Waals surface area contributed by atoms with E-state index < -0.39 is 6.10 Å². The summed E-state index contributed by atoms with van der Waals surface area (Å²) in [4.78, 5) is 0. The van der Waals surface area contributed by atoms with Crippen molar-refractivity contribution in [3.8, 4) is 5.75 Å². The second-order valence-electron chi connectivity index (χ2n) is 4.26. The van der Waals surface area contributed by atoms with Gasteiger partial charge in [0.25, 0.3) is 0 Å². The zero-order chi connectivity index (χ0) is 12.1. The maximum absolute atomic E-state index is 9.44. The highest BCUT2D eigenvalue weighted by Crippen LogP contribution is 2.22. The number of benzene rings is 1. The normalized spacial score (nSPS) is 12.2. The molecule has 0 aromatic heterocycles. The van der Waals surface area contributed by atoms with Gasteiger partial charge in [0.1, 0.15) is 5.75 Å². The summed E-state index contributed by atoms with van der Waals surface area (Å²) < 4.78 is 5.64. The van der Waals surface area contributed by atoms with Crippen molar-refractivity contribution in [3.63, 3.8) is 0 Å². The van der Waals surface area contributed by atoms with Gasteiger partial charge in [-0.05, 0) is 44.0 Å². The highest BCUT2D eigenvalue weighted by atomic mass is 16.5. The lowest BCUT2D eigenvalue weighted by molar-refractivity contribution is 0.199. The van der Waals surface area contributed by atoms with Crippen molar-refractivity contribution in [1.82, 2.24) is 0 Å². The summed E-state index contributed by atoms with van der Waals surface area (Å²) >= 11 is 0. The van der Waals surface area contributed by atoms with Crippen molar-refractivity contribution >= 4 is 0 Å². The topological polar surface area (TPSA) is 29.5 Å². The minimum absolute atomic E-state index is 0.428. The third-order valence-corrected chi connectivity index (χ3v) is 2.47. The first-order valence-electron chi connectivity index (χ1n) is 5.56. The summed E-state index contributed by atoms with van der Waals surface area (Å²) in [6.45, 7) is 10.2. The predicted octanol–water partition coefficient (Wildman–Crippen LogP) is 3.39. The summed E-state index contributed by atoms with van der Waals surface area (Å²) in [5.41, 5.74) is 3.10. The van der Waals surface area contributed by atoms with Crippen LogP contribution in [0.15, 0.2) is 30.4 Å². The molecule has 0 fully saturated rings. The first kappa shape index (κ1) is 12.8. The molecule has 0 aliphatic heterocycles. The molecule has 0 bridgehead atoms. The molecule has 1 aromatic carbocycles. The fourth-order valence-corrected chi connectivity index (χ4v) is 1.43. The van der Waals surface area contributed by atoms with Crippen molar-refractivity contribution in [2.45, 2.75) is 33.3 Å². The van der Waals surface area contributed by atoms with Crippen LogP contribution in [0.4, 0.5) is 0 Å². The highest BCUT2D eigenvalue weighted by Gasteiger charge is 2.04. The van der Waals surface area contributed by atoms with Crippen LogP contribution in [0, 0.1) is 6.92 Å². The summed E-state index contributed by atoms with van der Waals surface area (Å²) in [7, 11) is 0. The summed E-state index contributed by atoms with van der Waals surface area (Å²) in [5, 5.41) is 9.44. The molecule has 0 heterocycles. The lowest BCUT2D eigenvalue weighted by Gasteiger charge is -2.11. The van der Waals surface area contributed by atoms with Crippen molar-refractivity contribution in [2.75, 3.05) is 6.61 Å². The van der Waals surface area contributed by atoms with Gasteiger partial charge in [-0.25, -0.2) is 0 Å². The van der Waals surface area contributed by atoms with E-state index in [1.54, 1.807) is 6.92 Å². The van der Waals surface area contributed by atoms with Crippen molar-refractivity contribution in [3.05, 3.63) is 41.5 Å². The second-order valence-corrected chi connectivity index (χ2v) is 4.26. The van der Waals surface area contributed by atoms with Crippen molar-refractivity contribution in [2.24, 2.45) is 0 Å². The van der Waals surface area contributed by atoms with E-state index >= 15 is 0 Å². The van der Waals surface area contributed by atoms with Gasteiger partial charge >= 0.3 is 0 Å². The van der Waals surface area contributed by atoms with Gasteiger partial charge in [-0.15, -0.1) is 6.58 Å². The average molecular weight is 220 g/mol. The molecule has 1 aromatic rings. The van der Waals surface area contributed by atoms with E-state index in [1.165, 1.54) is 0 Å². The number of hydrogen-bond acceptors (Lipinski definition) is 2. The number of aliphatic hydroxyl groups excluding tert-OH is 1. The largest absolute Gasteiger partial charge is 0.493 e. The quantitative estimate of drug-likeness (QED) is 0.771. The first-order valence-corrected chi connectivity index (χ1v) is 5.56. The molecular formula is C14H20O2. The van der Waals surface area contributed by atoms with Crippen LogP contribution in [-0.2, 0) is 0 Å². The van der Waals surface area contributed by atoms with Crippen LogP contribution >= 0.6 is 0 Å². The summed E-state index contributed by atoms with van der Waals surface area (Å²) in [6.07, 6.45) is 0.445. The van der Waals surface area contributed by atoms with Gasteiger partial charge in [0.05, 0.1) is 12.7 Å². The van der Waals surface area contributed by atoms with Gasteiger partial charge in [-0.2, -0.15) is 0 Å². The fourth-order valence-electron chi connectivity index (χ4n) is 1.43. The maximum Gasteiger partial charge on any atom is 0.122 e.